The molecular weight excluding hydrogens is 316 g/mol. The van der Waals surface area contributed by atoms with Gasteiger partial charge in [-0.1, -0.05) is 20.8 Å². The van der Waals surface area contributed by atoms with Crippen LogP contribution in [0.5, 0.6) is 11.5 Å². The van der Waals surface area contributed by atoms with Crippen molar-refractivity contribution in [2.45, 2.75) is 53.5 Å². The molecule has 5 nitrogen and oxygen atoms in total. The molecule has 1 N–H and O–H groups in total. The van der Waals surface area contributed by atoms with Gasteiger partial charge in [0, 0.05) is 24.7 Å². The highest BCUT2D eigenvalue weighted by Crippen LogP contribution is 2.28. The highest BCUT2D eigenvalue weighted by molar-refractivity contribution is 5.94. The molecule has 0 saturated carbocycles. The zero-order valence-electron chi connectivity index (χ0n) is 16.4. The summed E-state index contributed by atoms with van der Waals surface area (Å²) >= 11 is 0. The van der Waals surface area contributed by atoms with E-state index in [0.29, 0.717) is 42.9 Å². The fourth-order valence-electron chi connectivity index (χ4n) is 2.50. The minimum atomic E-state index is -0.0804. The average molecular weight is 351 g/mol. The summed E-state index contributed by atoms with van der Waals surface area (Å²) in [5.41, 5.74) is 0.600. The number of ether oxygens (including phenoxy) is 2. The van der Waals surface area contributed by atoms with Crippen molar-refractivity contribution >= 4 is 5.91 Å². The van der Waals surface area contributed by atoms with Gasteiger partial charge in [-0.25, -0.2) is 0 Å². The third-order valence-corrected chi connectivity index (χ3v) is 3.95. The van der Waals surface area contributed by atoms with E-state index in [2.05, 4.69) is 44.8 Å². The maximum absolute atomic E-state index is 12.4. The third-order valence-electron chi connectivity index (χ3n) is 3.95. The number of nitrogens with zero attached hydrogens (tertiary/aromatic N) is 1. The molecular formula is C20H34N2O3. The van der Waals surface area contributed by atoms with Crippen LogP contribution in [0.1, 0.15) is 57.8 Å². The van der Waals surface area contributed by atoms with Gasteiger partial charge in [0.15, 0.2) is 11.5 Å². The van der Waals surface area contributed by atoms with Crippen LogP contribution in [0.25, 0.3) is 0 Å². The highest BCUT2D eigenvalue weighted by Gasteiger charge is 2.12. The normalized spacial score (nSPS) is 11.0. The number of hydrogen-bond donors (Lipinski definition) is 1. The Morgan fingerprint density at radius 3 is 2.28 bits per heavy atom. The number of nitrogens with one attached hydrogen (secondary N) is 1. The Bertz CT molecular complexity index is 518. The second-order valence-electron chi connectivity index (χ2n) is 6.34. The van der Waals surface area contributed by atoms with Crippen LogP contribution in [0, 0.1) is 0 Å². The van der Waals surface area contributed by atoms with Crippen LogP contribution in [-0.2, 0) is 0 Å². The van der Waals surface area contributed by atoms with Crippen molar-refractivity contribution in [3.05, 3.63) is 23.8 Å². The van der Waals surface area contributed by atoms with Crippen molar-refractivity contribution in [1.82, 2.24) is 10.2 Å². The molecule has 0 radical (unpaired) electrons. The first-order valence-corrected chi connectivity index (χ1v) is 9.45. The van der Waals surface area contributed by atoms with Gasteiger partial charge in [0.25, 0.3) is 5.91 Å². The minimum Gasteiger partial charge on any atom is -0.490 e. The first-order chi connectivity index (χ1) is 12.0. The molecule has 1 aromatic carbocycles. The van der Waals surface area contributed by atoms with E-state index < -0.39 is 0 Å². The predicted octanol–water partition coefficient (Wildman–Crippen LogP) is 3.72. The van der Waals surface area contributed by atoms with Crippen molar-refractivity contribution in [1.29, 1.82) is 0 Å². The fourth-order valence-corrected chi connectivity index (χ4v) is 2.50. The Balaban J connectivity index is 2.70. The zero-order chi connectivity index (χ0) is 18.7. The molecule has 0 atom stereocenters. The molecule has 1 rings (SSSR count). The van der Waals surface area contributed by atoms with Gasteiger partial charge in [-0.05, 0) is 51.4 Å². The largest absolute Gasteiger partial charge is 0.490 e. The number of carbonyl (C=O) groups is 1. The number of amides is 1. The molecule has 1 amide bonds. The average Bonchev–Trinajstić information content (AvgIpc) is 2.61. The van der Waals surface area contributed by atoms with Crippen LogP contribution >= 0.6 is 0 Å². The summed E-state index contributed by atoms with van der Waals surface area (Å²) in [5.74, 6) is 1.26. The number of hydrogen-bond acceptors (Lipinski definition) is 4. The molecule has 0 fully saturated rings. The predicted molar refractivity (Wildman–Crippen MR) is 103 cm³/mol. The maximum Gasteiger partial charge on any atom is 0.251 e. The van der Waals surface area contributed by atoms with Crippen LogP contribution in [0.4, 0.5) is 0 Å². The third kappa shape index (κ3) is 7.34. The smallest absolute Gasteiger partial charge is 0.251 e. The molecule has 142 valence electrons. The monoisotopic (exact) mass is 350 g/mol. The Morgan fingerprint density at radius 2 is 1.72 bits per heavy atom. The summed E-state index contributed by atoms with van der Waals surface area (Å²) in [6.45, 7) is 14.3. The van der Waals surface area contributed by atoms with Gasteiger partial charge in [0.2, 0.25) is 0 Å². The summed E-state index contributed by atoms with van der Waals surface area (Å²) in [4.78, 5) is 14.7. The van der Waals surface area contributed by atoms with Crippen molar-refractivity contribution in [2.75, 3.05) is 32.8 Å². The molecule has 0 spiro atoms. The summed E-state index contributed by atoms with van der Waals surface area (Å²) in [5, 5.41) is 2.99. The molecule has 5 heteroatoms. The van der Waals surface area contributed by atoms with E-state index in [-0.39, 0.29) is 5.91 Å². The number of carbonyl (C=O) groups excluding carboxylic acids is 1. The molecule has 0 heterocycles. The lowest BCUT2D eigenvalue weighted by atomic mass is 10.2. The van der Waals surface area contributed by atoms with Crippen molar-refractivity contribution in [2.24, 2.45) is 0 Å². The van der Waals surface area contributed by atoms with Crippen LogP contribution in [0.3, 0.4) is 0 Å². The number of likely N-dealkylation sites (N-methyl/N-ethyl adjacent to an activating group) is 1. The minimum absolute atomic E-state index is 0.0804. The van der Waals surface area contributed by atoms with E-state index in [9.17, 15) is 4.79 Å². The molecule has 0 aliphatic heterocycles. The number of benzene rings is 1. The standard InChI is InChI=1S/C20H34N2O3/c1-6-13-24-18-10-9-17(15-19(18)25-14-7-2)20(23)21-11-12-22(8-3)16(4)5/h9-10,15-16H,6-8,11-14H2,1-5H3,(H,21,23). The highest BCUT2D eigenvalue weighted by atomic mass is 16.5. The lowest BCUT2D eigenvalue weighted by Gasteiger charge is -2.24. The maximum atomic E-state index is 12.4. The van der Waals surface area contributed by atoms with Crippen LogP contribution in [0.15, 0.2) is 18.2 Å². The molecule has 0 aliphatic carbocycles. The molecule has 0 aliphatic rings. The van der Waals surface area contributed by atoms with Gasteiger partial charge in [-0.3, -0.25) is 9.69 Å². The molecule has 0 unspecified atom stereocenters. The molecule has 0 bridgehead atoms. The Morgan fingerprint density at radius 1 is 1.08 bits per heavy atom. The lowest BCUT2D eigenvalue weighted by molar-refractivity contribution is 0.0945. The Kier molecular flexibility index (Phi) is 10.0. The van der Waals surface area contributed by atoms with Crippen LogP contribution in [-0.4, -0.2) is 49.7 Å². The summed E-state index contributed by atoms with van der Waals surface area (Å²) in [6.07, 6.45) is 1.84. The van der Waals surface area contributed by atoms with Gasteiger partial charge in [-0.2, -0.15) is 0 Å². The molecule has 1 aromatic rings. The lowest BCUT2D eigenvalue weighted by Crippen LogP contribution is -2.38. The van der Waals surface area contributed by atoms with Crippen LogP contribution < -0.4 is 14.8 Å². The van der Waals surface area contributed by atoms with Crippen molar-refractivity contribution < 1.29 is 14.3 Å². The van der Waals surface area contributed by atoms with E-state index in [1.54, 1.807) is 12.1 Å². The molecule has 0 aromatic heterocycles. The second-order valence-corrected chi connectivity index (χ2v) is 6.34. The van der Waals surface area contributed by atoms with Gasteiger partial charge >= 0.3 is 0 Å². The molecule has 0 saturated heterocycles. The SMILES string of the molecule is CCCOc1ccc(C(=O)NCCN(CC)C(C)C)cc1OCCC. The van der Waals surface area contributed by atoms with E-state index in [4.69, 9.17) is 9.47 Å². The first kappa shape index (κ1) is 21.3. The van der Waals surface area contributed by atoms with Gasteiger partial charge in [0.1, 0.15) is 0 Å². The van der Waals surface area contributed by atoms with Gasteiger partial charge in [-0.15, -0.1) is 0 Å². The van der Waals surface area contributed by atoms with Gasteiger partial charge < -0.3 is 14.8 Å². The van der Waals surface area contributed by atoms with Crippen LogP contribution in [0.2, 0.25) is 0 Å². The zero-order valence-corrected chi connectivity index (χ0v) is 16.4. The quantitative estimate of drug-likeness (QED) is 0.624. The van der Waals surface area contributed by atoms with Crippen molar-refractivity contribution in [3.63, 3.8) is 0 Å². The van der Waals surface area contributed by atoms with Crippen molar-refractivity contribution in [3.8, 4) is 11.5 Å². The van der Waals surface area contributed by atoms with E-state index in [1.807, 2.05) is 6.07 Å². The fraction of sp³-hybridized carbons (Fsp3) is 0.650. The Hall–Kier alpha value is -1.75. The second kappa shape index (κ2) is 11.7. The van der Waals surface area contributed by atoms with Gasteiger partial charge in [0.05, 0.1) is 13.2 Å². The summed E-state index contributed by atoms with van der Waals surface area (Å²) in [7, 11) is 0. The number of rotatable bonds is 12. The first-order valence-electron chi connectivity index (χ1n) is 9.45. The Labute approximate surface area is 152 Å². The molecule has 25 heavy (non-hydrogen) atoms. The van der Waals surface area contributed by atoms with E-state index >= 15 is 0 Å². The summed E-state index contributed by atoms with van der Waals surface area (Å²) in [6, 6.07) is 5.86. The topological polar surface area (TPSA) is 50.8 Å². The van der Waals surface area contributed by atoms with E-state index in [0.717, 1.165) is 25.9 Å². The summed E-state index contributed by atoms with van der Waals surface area (Å²) < 4.78 is 11.5. The van der Waals surface area contributed by atoms with E-state index in [1.165, 1.54) is 0 Å².